The average Bonchev–Trinajstić information content (AvgIpc) is 2.59. The van der Waals surface area contributed by atoms with E-state index in [4.69, 9.17) is 9.57 Å². The van der Waals surface area contributed by atoms with Gasteiger partial charge in [0.15, 0.2) is 0 Å². The van der Waals surface area contributed by atoms with Crippen molar-refractivity contribution in [2.75, 3.05) is 0 Å². The number of hydrogen-bond acceptors (Lipinski definition) is 3. The number of ether oxygens (including phenoxy) is 1. The van der Waals surface area contributed by atoms with Crippen LogP contribution < -0.4 is 0 Å². The van der Waals surface area contributed by atoms with E-state index in [0.29, 0.717) is 5.90 Å². The largest absolute Gasteiger partial charge is 0.431 e. The van der Waals surface area contributed by atoms with Gasteiger partial charge in [-0.05, 0) is 29.3 Å². The van der Waals surface area contributed by atoms with Crippen molar-refractivity contribution in [3.8, 4) is 0 Å². The van der Waals surface area contributed by atoms with Crippen molar-refractivity contribution in [2.24, 2.45) is 5.16 Å². The summed E-state index contributed by atoms with van der Waals surface area (Å²) in [6.07, 6.45) is 1.04. The Labute approximate surface area is 89.7 Å². The minimum atomic E-state index is -0.640. The number of hydrogen-bond donors (Lipinski definition) is 0. The zero-order valence-electron chi connectivity index (χ0n) is 9.28. The van der Waals surface area contributed by atoms with Crippen LogP contribution in [0.5, 0.6) is 0 Å². The summed E-state index contributed by atoms with van der Waals surface area (Å²) in [5.74, 6) is -0.0821. The first kappa shape index (κ1) is 10.0. The van der Waals surface area contributed by atoms with Crippen LogP contribution in [-0.4, -0.2) is 11.7 Å². The van der Waals surface area contributed by atoms with Crippen LogP contribution in [0.15, 0.2) is 29.4 Å². The highest BCUT2D eigenvalue weighted by atomic mass is 16.8. The summed E-state index contributed by atoms with van der Waals surface area (Å²) in [7, 11) is 0. The van der Waals surface area contributed by atoms with Crippen molar-refractivity contribution in [3.63, 3.8) is 0 Å². The van der Waals surface area contributed by atoms with E-state index in [0.717, 1.165) is 12.0 Å². The van der Waals surface area contributed by atoms with Crippen molar-refractivity contribution in [1.82, 2.24) is 0 Å². The van der Waals surface area contributed by atoms with Gasteiger partial charge in [-0.15, -0.1) is 0 Å². The van der Waals surface area contributed by atoms with Gasteiger partial charge in [0.25, 0.3) is 11.7 Å². The second-order valence-electron chi connectivity index (χ2n) is 4.04. The Morgan fingerprint density at radius 3 is 2.33 bits per heavy atom. The fourth-order valence-electron chi connectivity index (χ4n) is 1.42. The lowest BCUT2D eigenvalue weighted by atomic mass is 10.1. The Hall–Kier alpha value is -1.51. The molecule has 0 unspecified atom stereocenters. The molecule has 1 heterocycles. The molecule has 0 aromatic heterocycles. The predicted octanol–water partition coefficient (Wildman–Crippen LogP) is 2.69. The van der Waals surface area contributed by atoms with Crippen LogP contribution >= 0.6 is 0 Å². The van der Waals surface area contributed by atoms with Crippen molar-refractivity contribution in [3.05, 3.63) is 35.4 Å². The average molecular weight is 205 g/mol. The van der Waals surface area contributed by atoms with E-state index >= 15 is 0 Å². The van der Waals surface area contributed by atoms with Crippen LogP contribution in [0, 0.1) is 0 Å². The maximum absolute atomic E-state index is 5.54. The highest BCUT2D eigenvalue weighted by Gasteiger charge is 2.30. The summed E-state index contributed by atoms with van der Waals surface area (Å²) in [5.41, 5.74) is 2.26. The van der Waals surface area contributed by atoms with Gasteiger partial charge in [0, 0.05) is 19.4 Å². The lowest BCUT2D eigenvalue weighted by Gasteiger charge is -2.14. The van der Waals surface area contributed by atoms with Crippen molar-refractivity contribution < 1.29 is 9.57 Å². The summed E-state index contributed by atoms with van der Waals surface area (Å²) < 4.78 is 5.54. The quantitative estimate of drug-likeness (QED) is 0.743. The minimum Gasteiger partial charge on any atom is -0.431 e. The van der Waals surface area contributed by atoms with Crippen LogP contribution in [0.1, 0.15) is 31.9 Å². The molecule has 80 valence electrons. The molecular formula is C12H15NO2. The van der Waals surface area contributed by atoms with Crippen molar-refractivity contribution >= 4 is 5.90 Å². The molecule has 0 bridgehead atoms. The molecule has 0 aliphatic carbocycles. The van der Waals surface area contributed by atoms with E-state index in [9.17, 15) is 0 Å². The second-order valence-corrected chi connectivity index (χ2v) is 4.04. The fourth-order valence-corrected chi connectivity index (χ4v) is 1.42. The van der Waals surface area contributed by atoms with Gasteiger partial charge >= 0.3 is 0 Å². The molecule has 0 radical (unpaired) electrons. The Morgan fingerprint density at radius 2 is 1.87 bits per heavy atom. The first-order chi connectivity index (χ1) is 7.11. The molecule has 0 saturated carbocycles. The molecule has 0 fully saturated rings. The molecule has 1 aromatic carbocycles. The molecule has 1 aromatic rings. The maximum Gasteiger partial charge on any atom is 0.271 e. The van der Waals surface area contributed by atoms with E-state index in [-0.39, 0.29) is 0 Å². The number of aryl methyl sites for hydroxylation is 1. The van der Waals surface area contributed by atoms with Crippen molar-refractivity contribution in [2.45, 2.75) is 33.0 Å². The Balaban J connectivity index is 2.18. The van der Waals surface area contributed by atoms with Gasteiger partial charge in [0.2, 0.25) is 0 Å². The smallest absolute Gasteiger partial charge is 0.271 e. The Kier molecular flexibility index (Phi) is 2.39. The number of rotatable bonds is 2. The molecule has 0 spiro atoms. The Bertz CT molecular complexity index is 379. The molecule has 1 aliphatic rings. The summed E-state index contributed by atoms with van der Waals surface area (Å²) in [6.45, 7) is 5.80. The minimum absolute atomic E-state index is 0.558. The molecule has 0 amide bonds. The molecule has 2 rings (SSSR count). The van der Waals surface area contributed by atoms with Gasteiger partial charge in [-0.3, -0.25) is 0 Å². The fraction of sp³-hybridized carbons (Fsp3) is 0.417. The first-order valence-corrected chi connectivity index (χ1v) is 5.15. The molecule has 3 nitrogen and oxygen atoms in total. The van der Waals surface area contributed by atoms with E-state index < -0.39 is 5.79 Å². The lowest BCUT2D eigenvalue weighted by Crippen LogP contribution is -2.22. The highest BCUT2D eigenvalue weighted by molar-refractivity contribution is 5.94. The van der Waals surface area contributed by atoms with Crippen LogP contribution in [0.4, 0.5) is 0 Å². The standard InChI is InChI=1S/C12H15NO2/c1-4-9-5-7-10(8-6-9)11-13-15-12(2,3)14-11/h5-8H,4H2,1-3H3. The predicted molar refractivity (Wildman–Crippen MR) is 58.6 cm³/mol. The summed E-state index contributed by atoms with van der Waals surface area (Å²) in [6, 6.07) is 8.16. The number of oxime groups is 1. The normalized spacial score (nSPS) is 17.9. The van der Waals surface area contributed by atoms with E-state index in [1.54, 1.807) is 0 Å². The van der Waals surface area contributed by atoms with Gasteiger partial charge in [0.1, 0.15) is 0 Å². The maximum atomic E-state index is 5.54. The third-order valence-corrected chi connectivity index (χ3v) is 2.30. The van der Waals surface area contributed by atoms with Gasteiger partial charge in [-0.25, -0.2) is 0 Å². The van der Waals surface area contributed by atoms with E-state index in [2.05, 4.69) is 24.2 Å². The van der Waals surface area contributed by atoms with Gasteiger partial charge in [0.05, 0.1) is 0 Å². The van der Waals surface area contributed by atoms with Gasteiger partial charge in [-0.1, -0.05) is 19.1 Å². The van der Waals surface area contributed by atoms with Gasteiger partial charge in [-0.2, -0.15) is 0 Å². The van der Waals surface area contributed by atoms with E-state index in [1.165, 1.54) is 5.56 Å². The van der Waals surface area contributed by atoms with Gasteiger partial charge < -0.3 is 9.57 Å². The van der Waals surface area contributed by atoms with E-state index in [1.807, 2.05) is 26.0 Å². The lowest BCUT2D eigenvalue weighted by molar-refractivity contribution is -0.128. The monoisotopic (exact) mass is 205 g/mol. The molecule has 15 heavy (non-hydrogen) atoms. The Morgan fingerprint density at radius 1 is 1.20 bits per heavy atom. The molecule has 0 atom stereocenters. The molecule has 0 N–H and O–H groups in total. The topological polar surface area (TPSA) is 30.8 Å². The molecule has 3 heteroatoms. The number of nitrogens with zero attached hydrogens (tertiary/aromatic N) is 1. The van der Waals surface area contributed by atoms with Crippen LogP contribution in [0.3, 0.4) is 0 Å². The molecular weight excluding hydrogens is 190 g/mol. The van der Waals surface area contributed by atoms with Crippen LogP contribution in [-0.2, 0) is 16.0 Å². The highest BCUT2D eigenvalue weighted by Crippen LogP contribution is 2.22. The van der Waals surface area contributed by atoms with Crippen molar-refractivity contribution in [1.29, 1.82) is 0 Å². The molecule has 1 aliphatic heterocycles. The van der Waals surface area contributed by atoms with Crippen LogP contribution in [0.2, 0.25) is 0 Å². The zero-order valence-corrected chi connectivity index (χ0v) is 9.28. The first-order valence-electron chi connectivity index (χ1n) is 5.15. The summed E-state index contributed by atoms with van der Waals surface area (Å²) in [4.78, 5) is 5.13. The number of benzene rings is 1. The van der Waals surface area contributed by atoms with Crippen LogP contribution in [0.25, 0.3) is 0 Å². The third kappa shape index (κ3) is 2.12. The SMILES string of the molecule is CCc1ccc(C2=NOC(C)(C)O2)cc1. The zero-order chi connectivity index (χ0) is 10.9. The third-order valence-electron chi connectivity index (χ3n) is 2.30. The summed E-state index contributed by atoms with van der Waals surface area (Å²) in [5, 5.41) is 3.91. The summed E-state index contributed by atoms with van der Waals surface area (Å²) >= 11 is 0. The molecule has 0 saturated heterocycles. The second kappa shape index (κ2) is 3.57.